The van der Waals surface area contributed by atoms with Crippen LogP contribution in [-0.2, 0) is 11.4 Å². The van der Waals surface area contributed by atoms with Crippen LogP contribution in [0.1, 0.15) is 22.7 Å². The van der Waals surface area contributed by atoms with Gasteiger partial charge in [-0.3, -0.25) is 4.79 Å². The lowest BCUT2D eigenvalue weighted by molar-refractivity contribution is -0.123. The number of amides is 1. The standard InChI is InChI=1S/C26H19Cl2NO4/c1-15-2-7-19(8-3-15)29-25(24(28)26(29)31)16-4-9-20(10-5-16)32-14-17-12-23(30)33-22-11-6-18(27)13-21(17)22/h2-13,24-25H,14H2,1H3. The highest BCUT2D eigenvalue weighted by Crippen LogP contribution is 2.42. The molecule has 0 bridgehead atoms. The monoisotopic (exact) mass is 479 g/mol. The number of aryl methyl sites for hydroxylation is 1. The van der Waals surface area contributed by atoms with E-state index in [4.69, 9.17) is 32.4 Å². The van der Waals surface area contributed by atoms with E-state index < -0.39 is 11.0 Å². The Morgan fingerprint density at radius 3 is 2.42 bits per heavy atom. The molecular weight excluding hydrogens is 461 g/mol. The molecule has 166 valence electrons. The van der Waals surface area contributed by atoms with Crippen molar-refractivity contribution in [3.05, 3.63) is 105 Å². The Morgan fingerprint density at radius 1 is 0.970 bits per heavy atom. The smallest absolute Gasteiger partial charge is 0.336 e. The van der Waals surface area contributed by atoms with Gasteiger partial charge in [0, 0.05) is 27.7 Å². The minimum Gasteiger partial charge on any atom is -0.489 e. The summed E-state index contributed by atoms with van der Waals surface area (Å²) in [5, 5.41) is 0.661. The molecule has 33 heavy (non-hydrogen) atoms. The second-order valence-electron chi connectivity index (χ2n) is 7.98. The van der Waals surface area contributed by atoms with E-state index >= 15 is 0 Å². The lowest BCUT2D eigenvalue weighted by Crippen LogP contribution is -2.56. The van der Waals surface area contributed by atoms with E-state index in [1.54, 1.807) is 23.1 Å². The highest BCUT2D eigenvalue weighted by molar-refractivity contribution is 6.37. The lowest BCUT2D eigenvalue weighted by Gasteiger charge is -2.44. The van der Waals surface area contributed by atoms with Gasteiger partial charge in [-0.15, -0.1) is 11.6 Å². The van der Waals surface area contributed by atoms with E-state index in [0.29, 0.717) is 21.9 Å². The fourth-order valence-corrected chi connectivity index (χ4v) is 4.54. The summed E-state index contributed by atoms with van der Waals surface area (Å²) in [5.74, 6) is 0.514. The number of rotatable bonds is 5. The van der Waals surface area contributed by atoms with Crippen LogP contribution in [0.25, 0.3) is 11.0 Å². The topological polar surface area (TPSA) is 59.8 Å². The van der Waals surface area contributed by atoms with E-state index in [0.717, 1.165) is 22.2 Å². The number of fused-ring (bicyclic) bond motifs is 1. The van der Waals surface area contributed by atoms with Crippen LogP contribution in [0.15, 0.2) is 82.0 Å². The van der Waals surface area contributed by atoms with Crippen LogP contribution in [0.4, 0.5) is 5.69 Å². The van der Waals surface area contributed by atoms with Gasteiger partial charge in [0.15, 0.2) is 0 Å². The second kappa shape index (κ2) is 8.58. The predicted molar refractivity (Wildman–Crippen MR) is 129 cm³/mol. The van der Waals surface area contributed by atoms with E-state index in [9.17, 15) is 9.59 Å². The first-order valence-corrected chi connectivity index (χ1v) is 11.2. The molecule has 1 aromatic heterocycles. The van der Waals surface area contributed by atoms with E-state index in [2.05, 4.69) is 0 Å². The molecule has 4 aromatic rings. The summed E-state index contributed by atoms with van der Waals surface area (Å²) in [6.45, 7) is 2.18. The first-order chi connectivity index (χ1) is 15.9. The van der Waals surface area contributed by atoms with Gasteiger partial charge in [-0.2, -0.15) is 0 Å². The maximum atomic E-state index is 12.4. The van der Waals surface area contributed by atoms with Gasteiger partial charge in [-0.05, 0) is 55.0 Å². The van der Waals surface area contributed by atoms with Crippen LogP contribution >= 0.6 is 23.2 Å². The minimum atomic E-state index is -0.613. The van der Waals surface area contributed by atoms with Gasteiger partial charge in [0.05, 0.1) is 6.04 Å². The second-order valence-corrected chi connectivity index (χ2v) is 8.89. The molecule has 1 fully saturated rings. The molecule has 7 heteroatoms. The first kappa shape index (κ1) is 21.6. The number of anilines is 1. The van der Waals surface area contributed by atoms with Crippen molar-refractivity contribution in [3.63, 3.8) is 0 Å². The Kier molecular flexibility index (Phi) is 5.60. The molecule has 2 atom stereocenters. The minimum absolute atomic E-state index is 0.112. The molecule has 0 radical (unpaired) electrons. The fraction of sp³-hybridized carbons (Fsp3) is 0.154. The van der Waals surface area contributed by atoms with Crippen molar-refractivity contribution < 1.29 is 13.9 Å². The third kappa shape index (κ3) is 4.10. The van der Waals surface area contributed by atoms with Crippen LogP contribution in [-0.4, -0.2) is 11.3 Å². The molecule has 0 N–H and O–H groups in total. The van der Waals surface area contributed by atoms with Gasteiger partial charge in [0.25, 0.3) is 0 Å². The van der Waals surface area contributed by atoms with Crippen molar-refractivity contribution in [1.82, 2.24) is 0 Å². The van der Waals surface area contributed by atoms with Crippen molar-refractivity contribution >= 4 is 45.8 Å². The zero-order valence-corrected chi connectivity index (χ0v) is 19.1. The predicted octanol–water partition coefficient (Wildman–Crippen LogP) is 6.03. The summed E-state index contributed by atoms with van der Waals surface area (Å²) < 4.78 is 11.1. The van der Waals surface area contributed by atoms with Crippen molar-refractivity contribution in [3.8, 4) is 5.75 Å². The number of halogens is 2. The molecule has 1 aliphatic rings. The third-order valence-electron chi connectivity index (χ3n) is 5.75. The molecule has 0 spiro atoms. The Bertz CT molecular complexity index is 1400. The van der Waals surface area contributed by atoms with Crippen molar-refractivity contribution in [1.29, 1.82) is 0 Å². The van der Waals surface area contributed by atoms with Crippen LogP contribution in [0.5, 0.6) is 5.75 Å². The van der Waals surface area contributed by atoms with Crippen molar-refractivity contribution in [2.24, 2.45) is 0 Å². The molecule has 0 aliphatic carbocycles. The number of β-lactam (4-membered cyclic amide) rings is 1. The summed E-state index contributed by atoms with van der Waals surface area (Å²) in [5.41, 5.74) is 3.56. The molecular formula is C26H19Cl2NO4. The SMILES string of the molecule is Cc1ccc(N2C(=O)C(Cl)C2c2ccc(OCc3cc(=O)oc4ccc(Cl)cc34)cc2)cc1. The zero-order valence-electron chi connectivity index (χ0n) is 17.6. The molecule has 5 rings (SSSR count). The van der Waals surface area contributed by atoms with Gasteiger partial charge < -0.3 is 14.1 Å². The largest absolute Gasteiger partial charge is 0.489 e. The van der Waals surface area contributed by atoms with Gasteiger partial charge in [-0.25, -0.2) is 4.79 Å². The van der Waals surface area contributed by atoms with Gasteiger partial charge >= 0.3 is 5.63 Å². The van der Waals surface area contributed by atoms with E-state index in [1.807, 2.05) is 55.5 Å². The number of nitrogens with zero attached hydrogens (tertiary/aromatic N) is 1. The van der Waals surface area contributed by atoms with Gasteiger partial charge in [0.2, 0.25) is 5.91 Å². The van der Waals surface area contributed by atoms with E-state index in [-0.39, 0.29) is 18.6 Å². The number of carbonyl (C=O) groups is 1. The van der Waals surface area contributed by atoms with Crippen LogP contribution < -0.4 is 15.3 Å². The average molecular weight is 480 g/mol. The van der Waals surface area contributed by atoms with Crippen LogP contribution in [0, 0.1) is 6.92 Å². The number of ether oxygens (including phenoxy) is 1. The summed E-state index contributed by atoms with van der Waals surface area (Å²) in [6, 6.07) is 21.5. The first-order valence-electron chi connectivity index (χ1n) is 10.4. The summed E-state index contributed by atoms with van der Waals surface area (Å²) in [6.07, 6.45) is 0. The Hall–Kier alpha value is -3.28. The van der Waals surface area contributed by atoms with E-state index in [1.165, 1.54) is 6.07 Å². The molecule has 3 aromatic carbocycles. The molecule has 1 aliphatic heterocycles. The Labute approximate surface area is 200 Å². The zero-order chi connectivity index (χ0) is 23.1. The highest BCUT2D eigenvalue weighted by atomic mass is 35.5. The molecule has 5 nitrogen and oxygen atoms in total. The number of hydrogen-bond donors (Lipinski definition) is 0. The maximum Gasteiger partial charge on any atom is 0.336 e. The highest BCUT2D eigenvalue weighted by Gasteiger charge is 2.47. The Balaban J connectivity index is 1.35. The molecule has 1 amide bonds. The average Bonchev–Trinajstić information content (AvgIpc) is 2.82. The summed E-state index contributed by atoms with van der Waals surface area (Å²) in [7, 11) is 0. The third-order valence-corrected chi connectivity index (χ3v) is 6.41. The Morgan fingerprint density at radius 2 is 1.70 bits per heavy atom. The molecule has 2 unspecified atom stereocenters. The summed E-state index contributed by atoms with van der Waals surface area (Å²) >= 11 is 12.5. The number of alkyl halides is 1. The van der Waals surface area contributed by atoms with Crippen LogP contribution in [0.3, 0.4) is 0 Å². The van der Waals surface area contributed by atoms with Gasteiger partial charge in [-0.1, -0.05) is 41.4 Å². The molecule has 2 heterocycles. The number of hydrogen-bond acceptors (Lipinski definition) is 4. The fourth-order valence-electron chi connectivity index (χ4n) is 4.01. The normalized spacial score (nSPS) is 17.8. The quantitative estimate of drug-likeness (QED) is 0.199. The number of benzene rings is 3. The van der Waals surface area contributed by atoms with Crippen molar-refractivity contribution in [2.75, 3.05) is 4.90 Å². The molecule has 0 saturated carbocycles. The summed E-state index contributed by atoms with van der Waals surface area (Å²) in [4.78, 5) is 26.0. The number of carbonyl (C=O) groups excluding carboxylic acids is 1. The van der Waals surface area contributed by atoms with Crippen molar-refractivity contribution in [2.45, 2.75) is 24.9 Å². The maximum absolute atomic E-state index is 12.4. The molecule has 1 saturated heterocycles. The van der Waals surface area contributed by atoms with Crippen LogP contribution in [0.2, 0.25) is 5.02 Å². The lowest BCUT2D eigenvalue weighted by atomic mass is 9.92. The van der Waals surface area contributed by atoms with Gasteiger partial charge in [0.1, 0.15) is 23.3 Å².